The lowest BCUT2D eigenvalue weighted by Gasteiger charge is -2.28. The van der Waals surface area contributed by atoms with Crippen molar-refractivity contribution in [3.05, 3.63) is 47.2 Å². The highest BCUT2D eigenvalue weighted by molar-refractivity contribution is 6.34. The van der Waals surface area contributed by atoms with E-state index in [1.807, 2.05) is 13.8 Å². The molecule has 0 radical (unpaired) electrons. The molecule has 0 saturated carbocycles. The van der Waals surface area contributed by atoms with E-state index in [2.05, 4.69) is 19.9 Å². The fourth-order valence-electron chi connectivity index (χ4n) is 6.60. The minimum absolute atomic E-state index is 0.0260. The quantitative estimate of drug-likeness (QED) is 0.184. The third kappa shape index (κ3) is 13.3. The van der Waals surface area contributed by atoms with Crippen LogP contribution < -0.4 is 14.2 Å². The van der Waals surface area contributed by atoms with Gasteiger partial charge in [-0.2, -0.15) is 0 Å². The first-order valence-corrected chi connectivity index (χ1v) is 20.8. The molecule has 2 aliphatic heterocycles. The van der Waals surface area contributed by atoms with Crippen LogP contribution in [-0.4, -0.2) is 146 Å². The highest BCUT2D eigenvalue weighted by atomic mass is 35.5. The molecular weight excluding hydrogens is 861 g/mol. The van der Waals surface area contributed by atoms with Crippen molar-refractivity contribution in [3.63, 3.8) is 0 Å². The van der Waals surface area contributed by atoms with Gasteiger partial charge in [-0.15, -0.1) is 0 Å². The normalized spacial score (nSPS) is 18.5. The second-order valence-corrected chi connectivity index (χ2v) is 18.1. The number of benzene rings is 2. The molecule has 2 aliphatic rings. The summed E-state index contributed by atoms with van der Waals surface area (Å²) in [4.78, 5) is 69.7. The van der Waals surface area contributed by atoms with E-state index >= 15 is 0 Å². The van der Waals surface area contributed by atoms with Gasteiger partial charge in [0.15, 0.2) is 28.8 Å². The molecule has 4 aromatic rings. The van der Waals surface area contributed by atoms with E-state index in [9.17, 15) is 29.4 Å². The van der Waals surface area contributed by atoms with Crippen molar-refractivity contribution in [2.45, 2.75) is 104 Å². The second kappa shape index (κ2) is 20.8. The Kier molecular flexibility index (Phi) is 16.6. The summed E-state index contributed by atoms with van der Waals surface area (Å²) in [5.74, 6) is 0.870. The number of likely N-dealkylation sites (N-methyl/N-ethyl adjacent to an activating group) is 1. The largest absolute Gasteiger partial charge is 0.504 e. The maximum atomic E-state index is 12.8. The average molecular weight is 919 g/mol. The number of fused-ring (bicyclic) bond motifs is 2. The van der Waals surface area contributed by atoms with E-state index in [0.29, 0.717) is 55.8 Å². The van der Waals surface area contributed by atoms with Crippen LogP contribution >= 0.6 is 23.2 Å². The van der Waals surface area contributed by atoms with E-state index in [1.54, 1.807) is 73.8 Å². The van der Waals surface area contributed by atoms with Crippen molar-refractivity contribution in [1.82, 2.24) is 34.6 Å². The first-order chi connectivity index (χ1) is 29.3. The summed E-state index contributed by atoms with van der Waals surface area (Å²) in [6.45, 7) is 14.7. The number of aliphatic hydroxyl groups is 1. The van der Waals surface area contributed by atoms with Crippen LogP contribution in [0.25, 0.3) is 21.8 Å². The molecule has 344 valence electrons. The molecular formula is C43H57Cl2N7O11. The Morgan fingerprint density at radius 3 is 1.70 bits per heavy atom. The number of ketones is 1. The zero-order chi connectivity index (χ0) is 47.1. The Bertz CT molecular complexity index is 2280. The van der Waals surface area contributed by atoms with Crippen LogP contribution in [-0.2, 0) is 19.1 Å². The van der Waals surface area contributed by atoms with Gasteiger partial charge in [-0.1, -0.05) is 37.0 Å². The highest BCUT2D eigenvalue weighted by Crippen LogP contribution is 2.37. The number of aromatic nitrogens is 4. The predicted octanol–water partition coefficient (Wildman–Crippen LogP) is 6.72. The van der Waals surface area contributed by atoms with E-state index in [1.165, 1.54) is 47.6 Å². The van der Waals surface area contributed by atoms with Gasteiger partial charge in [-0.3, -0.25) is 19.4 Å². The molecule has 2 saturated heterocycles. The minimum Gasteiger partial charge on any atom is -0.504 e. The number of hydrogen-bond acceptors (Lipinski definition) is 15. The van der Waals surface area contributed by atoms with Gasteiger partial charge in [0, 0.05) is 55.8 Å². The second-order valence-electron chi connectivity index (χ2n) is 17.3. The average Bonchev–Trinajstić information content (AvgIpc) is 3.80. The molecule has 0 spiro atoms. The number of Topliss-reactive ketones (excluding diaryl/α,β-unsaturated/α-hetero) is 1. The van der Waals surface area contributed by atoms with Crippen LogP contribution in [0.5, 0.6) is 23.0 Å². The maximum Gasteiger partial charge on any atom is 0.411 e. The van der Waals surface area contributed by atoms with E-state index in [4.69, 9.17) is 46.9 Å². The molecule has 4 heterocycles. The summed E-state index contributed by atoms with van der Waals surface area (Å²) in [5, 5.41) is 21.1. The SMILES string of the molecule is CN(C)C(=O)[C@@H]1C[C@@H](O)CN1C(=O)OC(C)(C)C.COc1cc2c(Cl)ncnc2cc1O.COc1cc2c(Cl)ncnc2cc1O[C@H]1C[C@@H](C(=O)C(C)C)N(C(=O)OC(C)(C)C)C1. The first kappa shape index (κ1) is 50.2. The molecule has 2 aromatic heterocycles. The number of carbonyl (C=O) groups excluding carboxylic acids is 4. The number of halogens is 2. The zero-order valence-electron chi connectivity index (χ0n) is 37.6. The van der Waals surface area contributed by atoms with Crippen molar-refractivity contribution < 1.29 is 53.1 Å². The predicted molar refractivity (Wildman–Crippen MR) is 236 cm³/mol. The summed E-state index contributed by atoms with van der Waals surface area (Å²) in [6.07, 6.45) is 1.17. The fraction of sp³-hybridized carbons (Fsp3) is 0.535. The van der Waals surface area contributed by atoms with Gasteiger partial charge in [0.05, 0.1) is 50.5 Å². The molecule has 0 aliphatic carbocycles. The zero-order valence-corrected chi connectivity index (χ0v) is 39.1. The number of phenolic OH excluding ortho intramolecular Hbond substituents is 1. The van der Waals surface area contributed by atoms with E-state index < -0.39 is 47.7 Å². The van der Waals surface area contributed by atoms with Crippen molar-refractivity contribution in [3.8, 4) is 23.0 Å². The van der Waals surface area contributed by atoms with Gasteiger partial charge in [0.2, 0.25) is 5.91 Å². The molecule has 18 nitrogen and oxygen atoms in total. The third-order valence-electron chi connectivity index (χ3n) is 9.47. The van der Waals surface area contributed by atoms with Crippen LogP contribution in [0.1, 0.15) is 68.2 Å². The van der Waals surface area contributed by atoms with Crippen molar-refractivity contribution in [2.24, 2.45) is 5.92 Å². The lowest BCUT2D eigenvalue weighted by atomic mass is 9.99. The first-order valence-electron chi connectivity index (χ1n) is 20.1. The smallest absolute Gasteiger partial charge is 0.411 e. The molecule has 2 fully saturated rings. The number of rotatable bonds is 7. The van der Waals surface area contributed by atoms with Gasteiger partial charge < -0.3 is 38.8 Å². The lowest BCUT2D eigenvalue weighted by molar-refractivity contribution is -0.133. The Morgan fingerprint density at radius 1 is 0.730 bits per heavy atom. The summed E-state index contributed by atoms with van der Waals surface area (Å²) in [6, 6.07) is 5.28. The number of hydrogen-bond donors (Lipinski definition) is 2. The van der Waals surface area contributed by atoms with Crippen LogP contribution in [0.2, 0.25) is 10.3 Å². The molecule has 4 atom stereocenters. The molecule has 0 bridgehead atoms. The van der Waals surface area contributed by atoms with Gasteiger partial charge in [0.1, 0.15) is 46.3 Å². The van der Waals surface area contributed by atoms with Crippen molar-refractivity contribution in [1.29, 1.82) is 0 Å². The Morgan fingerprint density at radius 2 is 1.22 bits per heavy atom. The standard InChI is InChI=1S/C22H28ClN3O5.C12H22N2O4.C9H7ClN2O2/c1-12(2)19(27)16-7-13(10-26(16)21(28)31-22(3,4)5)30-18-9-15-14(8-17(18)29-6)20(23)25-11-24-15;1-12(2,3)18-11(17)14-7-8(15)6-9(14)10(16)13(4)5;1-14-8-2-5-6(3-7(8)13)11-4-12-9(5)10/h8-9,11-13,16H,7,10H2,1-6H3;8-9,15H,6-7H2,1-5H3;2-4,13H,1H3/t13-,16-;8-,9+;/m01./s1. The number of methoxy groups -OCH3 is 2. The number of amides is 3. The number of aliphatic hydroxyl groups excluding tert-OH is 1. The van der Waals surface area contributed by atoms with Gasteiger partial charge in [-0.25, -0.2) is 29.5 Å². The van der Waals surface area contributed by atoms with Crippen LogP contribution in [0.4, 0.5) is 9.59 Å². The van der Waals surface area contributed by atoms with Crippen LogP contribution in [0.3, 0.4) is 0 Å². The number of nitrogens with zero attached hydrogens (tertiary/aromatic N) is 7. The number of ether oxygens (including phenoxy) is 5. The number of carbonyl (C=O) groups is 4. The van der Waals surface area contributed by atoms with Gasteiger partial charge in [0.25, 0.3) is 0 Å². The summed E-state index contributed by atoms with van der Waals surface area (Å²) < 4.78 is 27.3. The Labute approximate surface area is 376 Å². The number of likely N-dealkylation sites (tertiary alicyclic amines) is 2. The molecule has 2 aromatic carbocycles. The van der Waals surface area contributed by atoms with E-state index in [-0.39, 0.29) is 42.9 Å². The molecule has 63 heavy (non-hydrogen) atoms. The fourth-order valence-corrected chi connectivity index (χ4v) is 6.99. The summed E-state index contributed by atoms with van der Waals surface area (Å²) in [7, 11) is 6.25. The monoisotopic (exact) mass is 917 g/mol. The molecule has 3 amide bonds. The van der Waals surface area contributed by atoms with Gasteiger partial charge >= 0.3 is 12.2 Å². The van der Waals surface area contributed by atoms with Gasteiger partial charge in [-0.05, 0) is 53.7 Å². The number of aromatic hydroxyl groups is 1. The third-order valence-corrected chi connectivity index (χ3v) is 10.1. The Balaban J connectivity index is 0.000000229. The molecule has 0 unspecified atom stereocenters. The highest BCUT2D eigenvalue weighted by Gasteiger charge is 2.44. The summed E-state index contributed by atoms with van der Waals surface area (Å²) in [5.41, 5.74) is -0.0888. The van der Waals surface area contributed by atoms with Crippen LogP contribution in [0, 0.1) is 5.92 Å². The molecule has 2 N–H and O–H groups in total. The van der Waals surface area contributed by atoms with Crippen LogP contribution in [0.15, 0.2) is 36.9 Å². The maximum absolute atomic E-state index is 12.8. The van der Waals surface area contributed by atoms with Crippen molar-refractivity contribution in [2.75, 3.05) is 41.4 Å². The lowest BCUT2D eigenvalue weighted by Crippen LogP contribution is -2.47. The Hall–Kier alpha value is -5.46. The number of phenols is 1. The topological polar surface area (TPSA) is 216 Å². The molecule has 20 heteroatoms. The number of β-amino-alcohol motifs (C(OH)–C–C–N with tert-alkyl or cyclic N) is 1. The summed E-state index contributed by atoms with van der Waals surface area (Å²) >= 11 is 12.0. The van der Waals surface area contributed by atoms with E-state index in [0.717, 1.165) is 0 Å². The minimum atomic E-state index is -0.675. The van der Waals surface area contributed by atoms with Crippen molar-refractivity contribution >= 4 is 68.9 Å². The molecule has 6 rings (SSSR count).